The standard InChI is InChI=1S/C22H24ClFN2O3/c23-18-8-4-9-19(24)21(18)22(28)25-16-11-13-26(14-12-16)20(27)10-5-15-29-17-6-2-1-3-7-17/h1-4,6-9,16H,5,10-15H2,(H,25,28). The summed E-state index contributed by atoms with van der Waals surface area (Å²) in [7, 11) is 0. The van der Waals surface area contributed by atoms with Crippen LogP contribution in [0.1, 0.15) is 36.0 Å². The van der Waals surface area contributed by atoms with Crippen LogP contribution in [-0.4, -0.2) is 42.5 Å². The largest absolute Gasteiger partial charge is 0.494 e. The number of para-hydroxylation sites is 1. The molecule has 1 fully saturated rings. The third-order valence-corrected chi connectivity index (χ3v) is 5.23. The number of benzene rings is 2. The van der Waals surface area contributed by atoms with Crippen molar-refractivity contribution in [3.8, 4) is 5.75 Å². The smallest absolute Gasteiger partial charge is 0.255 e. The van der Waals surface area contributed by atoms with Gasteiger partial charge in [0, 0.05) is 25.6 Å². The van der Waals surface area contributed by atoms with Crippen molar-refractivity contribution in [1.29, 1.82) is 0 Å². The van der Waals surface area contributed by atoms with E-state index in [9.17, 15) is 14.0 Å². The number of hydrogen-bond donors (Lipinski definition) is 1. The minimum Gasteiger partial charge on any atom is -0.494 e. The van der Waals surface area contributed by atoms with Crippen molar-refractivity contribution in [1.82, 2.24) is 10.2 Å². The van der Waals surface area contributed by atoms with Crippen LogP contribution in [0, 0.1) is 5.82 Å². The number of carbonyl (C=O) groups is 2. The maximum Gasteiger partial charge on any atom is 0.255 e. The molecule has 154 valence electrons. The summed E-state index contributed by atoms with van der Waals surface area (Å²) in [4.78, 5) is 26.5. The molecule has 0 saturated carbocycles. The van der Waals surface area contributed by atoms with E-state index in [0.717, 1.165) is 5.75 Å². The average Bonchev–Trinajstić information content (AvgIpc) is 2.72. The molecule has 0 unspecified atom stereocenters. The number of nitrogens with one attached hydrogen (secondary N) is 1. The van der Waals surface area contributed by atoms with E-state index < -0.39 is 11.7 Å². The first-order valence-corrected chi connectivity index (χ1v) is 10.1. The summed E-state index contributed by atoms with van der Waals surface area (Å²) in [5.41, 5.74) is -0.133. The van der Waals surface area contributed by atoms with Crippen LogP contribution in [0.25, 0.3) is 0 Å². The summed E-state index contributed by atoms with van der Waals surface area (Å²) in [6, 6.07) is 13.6. The number of ether oxygens (including phenoxy) is 1. The van der Waals surface area contributed by atoms with Crippen LogP contribution in [0.2, 0.25) is 5.02 Å². The highest BCUT2D eigenvalue weighted by Gasteiger charge is 2.25. The molecule has 0 radical (unpaired) electrons. The fraction of sp³-hybridized carbons (Fsp3) is 0.364. The lowest BCUT2D eigenvalue weighted by atomic mass is 10.0. The molecule has 2 aromatic rings. The van der Waals surface area contributed by atoms with Gasteiger partial charge < -0.3 is 15.0 Å². The van der Waals surface area contributed by atoms with Crippen molar-refractivity contribution in [3.05, 3.63) is 64.9 Å². The van der Waals surface area contributed by atoms with Crippen molar-refractivity contribution < 1.29 is 18.7 Å². The molecule has 5 nitrogen and oxygen atoms in total. The summed E-state index contributed by atoms with van der Waals surface area (Å²) in [5, 5.41) is 2.92. The summed E-state index contributed by atoms with van der Waals surface area (Å²) >= 11 is 5.94. The Labute approximate surface area is 174 Å². The van der Waals surface area contributed by atoms with Gasteiger partial charge in [0.05, 0.1) is 17.2 Å². The Kier molecular flexibility index (Phi) is 7.47. The van der Waals surface area contributed by atoms with Crippen molar-refractivity contribution in [2.45, 2.75) is 31.7 Å². The van der Waals surface area contributed by atoms with Crippen LogP contribution in [-0.2, 0) is 4.79 Å². The molecule has 1 heterocycles. The van der Waals surface area contributed by atoms with Gasteiger partial charge in [-0.3, -0.25) is 9.59 Å². The molecule has 1 aliphatic heterocycles. The van der Waals surface area contributed by atoms with Crippen LogP contribution in [0.4, 0.5) is 4.39 Å². The highest BCUT2D eigenvalue weighted by atomic mass is 35.5. The van der Waals surface area contributed by atoms with Gasteiger partial charge in [-0.1, -0.05) is 35.9 Å². The minimum atomic E-state index is -0.639. The van der Waals surface area contributed by atoms with E-state index in [1.54, 1.807) is 4.90 Å². The van der Waals surface area contributed by atoms with Crippen molar-refractivity contribution in [2.75, 3.05) is 19.7 Å². The molecule has 0 aromatic heterocycles. The number of hydrogen-bond acceptors (Lipinski definition) is 3. The zero-order chi connectivity index (χ0) is 20.6. The molecule has 29 heavy (non-hydrogen) atoms. The Bertz CT molecular complexity index is 819. The average molecular weight is 419 g/mol. The van der Waals surface area contributed by atoms with Crippen LogP contribution in [0.5, 0.6) is 5.75 Å². The van der Waals surface area contributed by atoms with Gasteiger partial charge >= 0.3 is 0 Å². The van der Waals surface area contributed by atoms with Gasteiger partial charge in [0.25, 0.3) is 5.91 Å². The summed E-state index contributed by atoms with van der Waals surface area (Å²) in [6.45, 7) is 1.62. The molecule has 0 atom stereocenters. The number of amides is 2. The lowest BCUT2D eigenvalue weighted by Crippen LogP contribution is -2.46. The second kappa shape index (κ2) is 10.3. The Hall–Kier alpha value is -2.60. The fourth-order valence-corrected chi connectivity index (χ4v) is 3.58. The molecule has 1 saturated heterocycles. The van der Waals surface area contributed by atoms with E-state index in [2.05, 4.69) is 5.32 Å². The summed E-state index contributed by atoms with van der Waals surface area (Å²) in [5.74, 6) is -0.272. The molecule has 2 aromatic carbocycles. The van der Waals surface area contributed by atoms with E-state index in [0.29, 0.717) is 45.4 Å². The van der Waals surface area contributed by atoms with Gasteiger partial charge in [0.2, 0.25) is 5.91 Å². The molecule has 7 heteroatoms. The molecular formula is C22H24ClFN2O3. The zero-order valence-corrected chi connectivity index (χ0v) is 16.8. The van der Waals surface area contributed by atoms with E-state index in [1.807, 2.05) is 30.3 Å². The maximum absolute atomic E-state index is 13.9. The third kappa shape index (κ3) is 5.94. The Morgan fingerprint density at radius 3 is 2.52 bits per heavy atom. The van der Waals surface area contributed by atoms with Crippen LogP contribution in [0.15, 0.2) is 48.5 Å². The number of rotatable bonds is 7. The highest BCUT2D eigenvalue weighted by molar-refractivity contribution is 6.33. The van der Waals surface area contributed by atoms with Gasteiger partial charge in [0.15, 0.2) is 0 Å². The zero-order valence-electron chi connectivity index (χ0n) is 16.1. The first kappa shape index (κ1) is 21.1. The predicted molar refractivity (Wildman–Crippen MR) is 110 cm³/mol. The molecule has 0 bridgehead atoms. The van der Waals surface area contributed by atoms with Gasteiger partial charge in [-0.15, -0.1) is 0 Å². The molecule has 0 spiro atoms. The van der Waals surface area contributed by atoms with Gasteiger partial charge in [-0.2, -0.15) is 0 Å². The third-order valence-electron chi connectivity index (χ3n) is 4.92. The first-order chi connectivity index (χ1) is 14.0. The SMILES string of the molecule is O=C(NC1CCN(C(=O)CCCOc2ccccc2)CC1)c1c(F)cccc1Cl. The van der Waals surface area contributed by atoms with Crippen LogP contribution < -0.4 is 10.1 Å². The quantitative estimate of drug-likeness (QED) is 0.690. The maximum atomic E-state index is 13.9. The molecule has 0 aliphatic carbocycles. The van der Waals surface area contributed by atoms with E-state index in [-0.39, 0.29) is 22.5 Å². The number of likely N-dealkylation sites (tertiary alicyclic amines) is 1. The number of nitrogens with zero attached hydrogens (tertiary/aromatic N) is 1. The topological polar surface area (TPSA) is 58.6 Å². The number of carbonyl (C=O) groups excluding carboxylic acids is 2. The Morgan fingerprint density at radius 2 is 1.83 bits per heavy atom. The van der Waals surface area contributed by atoms with Gasteiger partial charge in [-0.25, -0.2) is 4.39 Å². The fourth-order valence-electron chi connectivity index (χ4n) is 3.33. The summed E-state index contributed by atoms with van der Waals surface area (Å²) in [6.07, 6.45) is 2.33. The van der Waals surface area contributed by atoms with Gasteiger partial charge in [0.1, 0.15) is 11.6 Å². The second-order valence-electron chi connectivity index (χ2n) is 6.99. The Balaban J connectivity index is 1.38. The molecule has 1 N–H and O–H groups in total. The van der Waals surface area contributed by atoms with Crippen LogP contribution >= 0.6 is 11.6 Å². The second-order valence-corrected chi connectivity index (χ2v) is 7.40. The number of piperidine rings is 1. The van der Waals surface area contributed by atoms with E-state index in [1.165, 1.54) is 18.2 Å². The minimum absolute atomic E-state index is 0.0867. The van der Waals surface area contributed by atoms with Crippen molar-refractivity contribution in [2.24, 2.45) is 0 Å². The summed E-state index contributed by atoms with van der Waals surface area (Å²) < 4.78 is 19.5. The predicted octanol–water partition coefficient (Wildman–Crippen LogP) is 4.06. The van der Waals surface area contributed by atoms with Crippen LogP contribution in [0.3, 0.4) is 0 Å². The molecule has 1 aliphatic rings. The van der Waals surface area contributed by atoms with Crippen molar-refractivity contribution in [3.63, 3.8) is 0 Å². The van der Waals surface area contributed by atoms with E-state index in [4.69, 9.17) is 16.3 Å². The molecule has 3 rings (SSSR count). The van der Waals surface area contributed by atoms with Crippen molar-refractivity contribution >= 4 is 23.4 Å². The molecule has 2 amide bonds. The normalized spacial score (nSPS) is 14.5. The van der Waals surface area contributed by atoms with Gasteiger partial charge in [-0.05, 0) is 43.5 Å². The Morgan fingerprint density at radius 1 is 1.10 bits per heavy atom. The lowest BCUT2D eigenvalue weighted by Gasteiger charge is -2.32. The highest BCUT2D eigenvalue weighted by Crippen LogP contribution is 2.20. The monoisotopic (exact) mass is 418 g/mol. The molecular weight excluding hydrogens is 395 g/mol. The number of halogens is 2. The van der Waals surface area contributed by atoms with E-state index >= 15 is 0 Å². The first-order valence-electron chi connectivity index (χ1n) is 9.75. The lowest BCUT2D eigenvalue weighted by molar-refractivity contribution is -0.132.